The van der Waals surface area contributed by atoms with E-state index in [2.05, 4.69) is 22.3 Å². The maximum absolute atomic E-state index is 13.0. The number of nitrogens with one attached hydrogen (secondary N) is 1. The molecule has 2 saturated heterocycles. The third-order valence-electron chi connectivity index (χ3n) is 6.29. The first kappa shape index (κ1) is 19.8. The van der Waals surface area contributed by atoms with Gasteiger partial charge in [-0.25, -0.2) is 4.79 Å². The molecule has 0 spiro atoms. The number of likely N-dealkylation sites (tertiary alicyclic amines) is 2. The van der Waals surface area contributed by atoms with Crippen LogP contribution in [0.15, 0.2) is 54.6 Å². The van der Waals surface area contributed by atoms with E-state index in [9.17, 15) is 9.90 Å². The van der Waals surface area contributed by atoms with Crippen LogP contribution in [-0.4, -0.2) is 53.7 Å². The maximum Gasteiger partial charge on any atom is 0.317 e. The first-order valence-electron chi connectivity index (χ1n) is 10.8. The Balaban J connectivity index is 1.35. The number of amides is 2. The number of phenols is 1. The average Bonchev–Trinajstić information content (AvgIpc) is 3.28. The van der Waals surface area contributed by atoms with Crippen LogP contribution in [0.2, 0.25) is 0 Å². The van der Waals surface area contributed by atoms with Gasteiger partial charge in [0.2, 0.25) is 0 Å². The minimum atomic E-state index is 0.0247. The van der Waals surface area contributed by atoms with Gasteiger partial charge in [-0.1, -0.05) is 42.5 Å². The smallest absolute Gasteiger partial charge is 0.317 e. The van der Waals surface area contributed by atoms with Gasteiger partial charge in [0.15, 0.2) is 0 Å². The topological polar surface area (TPSA) is 55.8 Å². The molecule has 4 rings (SSSR count). The van der Waals surface area contributed by atoms with Crippen molar-refractivity contribution in [1.29, 1.82) is 0 Å². The number of urea groups is 1. The number of carbonyl (C=O) groups excluding carboxylic acids is 1. The van der Waals surface area contributed by atoms with Crippen LogP contribution in [-0.2, 0) is 0 Å². The van der Waals surface area contributed by atoms with Gasteiger partial charge in [-0.3, -0.25) is 0 Å². The predicted octanol–water partition coefficient (Wildman–Crippen LogP) is 4.12. The van der Waals surface area contributed by atoms with Crippen LogP contribution in [0, 0.1) is 0 Å². The van der Waals surface area contributed by atoms with Crippen LogP contribution in [0.1, 0.15) is 48.8 Å². The summed E-state index contributed by atoms with van der Waals surface area (Å²) in [6, 6.07) is 17.9. The van der Waals surface area contributed by atoms with E-state index in [0.29, 0.717) is 11.7 Å². The Morgan fingerprint density at radius 2 is 1.62 bits per heavy atom. The van der Waals surface area contributed by atoms with Crippen LogP contribution in [0.25, 0.3) is 0 Å². The number of piperidine rings is 1. The second-order valence-electron chi connectivity index (χ2n) is 8.27. The number of rotatable bonds is 5. The molecule has 2 amide bonds. The van der Waals surface area contributed by atoms with Gasteiger partial charge in [-0.15, -0.1) is 0 Å². The van der Waals surface area contributed by atoms with Gasteiger partial charge in [0.25, 0.3) is 0 Å². The maximum atomic E-state index is 13.0. The second kappa shape index (κ2) is 9.31. The minimum Gasteiger partial charge on any atom is -0.508 e. The molecule has 2 aliphatic rings. The predicted molar refractivity (Wildman–Crippen MR) is 115 cm³/mol. The number of hydrogen-bond acceptors (Lipinski definition) is 3. The molecule has 2 fully saturated rings. The van der Waals surface area contributed by atoms with Gasteiger partial charge >= 0.3 is 6.03 Å². The van der Waals surface area contributed by atoms with Gasteiger partial charge in [0.1, 0.15) is 5.75 Å². The van der Waals surface area contributed by atoms with E-state index in [1.165, 1.54) is 24.0 Å². The van der Waals surface area contributed by atoms with Crippen LogP contribution in [0.3, 0.4) is 0 Å². The average molecular weight is 394 g/mol. The largest absolute Gasteiger partial charge is 0.508 e. The summed E-state index contributed by atoms with van der Waals surface area (Å²) in [6.45, 7) is 4.65. The monoisotopic (exact) mass is 393 g/mol. The number of carbonyl (C=O) groups is 1. The fourth-order valence-corrected chi connectivity index (χ4v) is 4.55. The third kappa shape index (κ3) is 5.10. The molecule has 0 bridgehead atoms. The Morgan fingerprint density at radius 1 is 0.966 bits per heavy atom. The van der Waals surface area contributed by atoms with Crippen molar-refractivity contribution in [3.63, 3.8) is 0 Å². The molecule has 5 nitrogen and oxygen atoms in total. The van der Waals surface area contributed by atoms with Gasteiger partial charge in [-0.05, 0) is 68.0 Å². The van der Waals surface area contributed by atoms with Gasteiger partial charge in [0.05, 0.1) is 6.04 Å². The molecule has 154 valence electrons. The Kier molecular flexibility index (Phi) is 6.35. The van der Waals surface area contributed by atoms with E-state index in [4.69, 9.17) is 0 Å². The lowest BCUT2D eigenvalue weighted by Gasteiger charge is -2.34. The molecular weight excluding hydrogens is 362 g/mol. The number of nitrogens with zero attached hydrogens (tertiary/aromatic N) is 2. The molecule has 0 aliphatic carbocycles. The van der Waals surface area contributed by atoms with Crippen molar-refractivity contribution in [2.75, 3.05) is 32.7 Å². The molecule has 1 unspecified atom stereocenters. The molecule has 2 aromatic carbocycles. The summed E-state index contributed by atoms with van der Waals surface area (Å²) < 4.78 is 0. The Labute approximate surface area is 173 Å². The molecule has 0 saturated carbocycles. The van der Waals surface area contributed by atoms with Gasteiger partial charge in [0, 0.05) is 19.6 Å². The highest BCUT2D eigenvalue weighted by Gasteiger charge is 2.27. The molecular formula is C24H31N3O2. The second-order valence-corrected chi connectivity index (χ2v) is 8.27. The third-order valence-corrected chi connectivity index (χ3v) is 6.29. The van der Waals surface area contributed by atoms with Gasteiger partial charge < -0.3 is 20.2 Å². The van der Waals surface area contributed by atoms with Crippen molar-refractivity contribution in [3.8, 4) is 5.75 Å². The van der Waals surface area contributed by atoms with Crippen molar-refractivity contribution < 1.29 is 9.90 Å². The van der Waals surface area contributed by atoms with E-state index in [1.807, 2.05) is 35.2 Å². The number of benzene rings is 2. The Hall–Kier alpha value is -2.53. The fourth-order valence-electron chi connectivity index (χ4n) is 4.55. The quantitative estimate of drug-likeness (QED) is 0.803. The zero-order valence-electron chi connectivity index (χ0n) is 17.0. The Morgan fingerprint density at radius 3 is 2.28 bits per heavy atom. The van der Waals surface area contributed by atoms with Crippen molar-refractivity contribution in [2.24, 2.45) is 0 Å². The summed E-state index contributed by atoms with van der Waals surface area (Å²) in [6.07, 6.45) is 4.42. The highest BCUT2D eigenvalue weighted by Crippen LogP contribution is 2.29. The molecule has 2 aliphatic heterocycles. The summed E-state index contributed by atoms with van der Waals surface area (Å²) >= 11 is 0. The highest BCUT2D eigenvalue weighted by atomic mass is 16.3. The van der Waals surface area contributed by atoms with Crippen LogP contribution in [0.5, 0.6) is 5.75 Å². The lowest BCUT2D eigenvalue weighted by molar-refractivity contribution is 0.173. The van der Waals surface area contributed by atoms with Crippen molar-refractivity contribution in [3.05, 3.63) is 65.7 Å². The van der Waals surface area contributed by atoms with E-state index < -0.39 is 0 Å². The van der Waals surface area contributed by atoms with Crippen molar-refractivity contribution >= 4 is 6.03 Å². The van der Waals surface area contributed by atoms with E-state index in [1.54, 1.807) is 12.1 Å². The zero-order chi connectivity index (χ0) is 20.1. The molecule has 0 radical (unpaired) electrons. The molecule has 1 atom stereocenters. The number of aromatic hydroxyl groups is 1. The first-order valence-corrected chi connectivity index (χ1v) is 10.8. The summed E-state index contributed by atoms with van der Waals surface area (Å²) in [5, 5.41) is 12.8. The molecule has 0 aromatic heterocycles. The van der Waals surface area contributed by atoms with Crippen molar-refractivity contribution in [2.45, 2.75) is 37.6 Å². The van der Waals surface area contributed by atoms with E-state index in [0.717, 1.165) is 45.6 Å². The van der Waals surface area contributed by atoms with E-state index >= 15 is 0 Å². The molecule has 2 aromatic rings. The molecule has 29 heavy (non-hydrogen) atoms. The van der Waals surface area contributed by atoms with Crippen molar-refractivity contribution in [1.82, 2.24) is 15.1 Å². The van der Waals surface area contributed by atoms with E-state index in [-0.39, 0.29) is 12.1 Å². The summed E-state index contributed by atoms with van der Waals surface area (Å²) in [4.78, 5) is 17.4. The highest BCUT2D eigenvalue weighted by molar-refractivity contribution is 5.75. The van der Waals surface area contributed by atoms with Crippen LogP contribution < -0.4 is 5.32 Å². The standard InChI is InChI=1S/C24H31N3O2/c28-22-10-8-19(9-11-22)20-12-16-27(17-13-20)24(29)25-23(18-26-14-4-5-15-26)21-6-2-1-3-7-21/h1-3,6-11,20,23,28H,4-5,12-18H2,(H,25,29). The molecule has 2 N–H and O–H groups in total. The normalized spacial score (nSPS) is 19.2. The summed E-state index contributed by atoms with van der Waals surface area (Å²) in [5.41, 5.74) is 2.42. The van der Waals surface area contributed by atoms with Crippen LogP contribution in [0.4, 0.5) is 4.79 Å². The number of phenolic OH excluding ortho intramolecular Hbond substituents is 1. The SMILES string of the molecule is O=C(NC(CN1CCCC1)c1ccccc1)N1CCC(c2ccc(O)cc2)CC1. The lowest BCUT2D eigenvalue weighted by atomic mass is 9.89. The summed E-state index contributed by atoms with van der Waals surface area (Å²) in [7, 11) is 0. The Bertz CT molecular complexity index is 780. The molecule has 2 heterocycles. The van der Waals surface area contributed by atoms with Gasteiger partial charge in [-0.2, -0.15) is 0 Å². The zero-order valence-corrected chi connectivity index (χ0v) is 17.0. The molecule has 5 heteroatoms. The number of hydrogen-bond donors (Lipinski definition) is 2. The first-order chi connectivity index (χ1) is 14.2. The minimum absolute atomic E-state index is 0.0247. The fraction of sp³-hybridized carbons (Fsp3) is 0.458. The lowest BCUT2D eigenvalue weighted by Crippen LogP contribution is -2.47. The summed E-state index contributed by atoms with van der Waals surface area (Å²) in [5.74, 6) is 0.754. The van der Waals surface area contributed by atoms with Crippen LogP contribution >= 0.6 is 0 Å².